The molecule has 0 aliphatic carbocycles. The van der Waals surface area contributed by atoms with Gasteiger partial charge in [0.1, 0.15) is 16.5 Å². The van der Waals surface area contributed by atoms with Crippen LogP contribution in [0.4, 0.5) is 5.69 Å². The minimum absolute atomic E-state index is 0.00377. The number of aromatic nitrogens is 1. The molecule has 33 heteroatoms. The van der Waals surface area contributed by atoms with Crippen LogP contribution in [0.3, 0.4) is 0 Å². The number of amides is 9. The number of rotatable bonds is 54. The van der Waals surface area contributed by atoms with E-state index in [9.17, 15) is 62.6 Å². The second kappa shape index (κ2) is 54.7. The number of hydrogen-bond acceptors (Lipinski definition) is 25. The van der Waals surface area contributed by atoms with Crippen LogP contribution in [0.1, 0.15) is 192 Å². The molecular formula is C74H114N10O22S. The van der Waals surface area contributed by atoms with Gasteiger partial charge in [-0.05, 0) is 109 Å². The number of carbonyl (C=O) groups excluding carboxylic acids is 16. The lowest BCUT2D eigenvalue weighted by atomic mass is 9.81. The van der Waals surface area contributed by atoms with Crippen molar-refractivity contribution in [3.8, 4) is 5.75 Å². The molecule has 2 heterocycles. The minimum Gasteiger partial charge on any atom is -0.506 e. The maximum atomic E-state index is 14.4. The lowest BCUT2D eigenvalue weighted by Gasteiger charge is -2.38. The van der Waals surface area contributed by atoms with Crippen LogP contribution in [0, 0.1) is 17.8 Å². The second-order valence-corrected chi connectivity index (χ2v) is 27.5. The molecule has 0 saturated heterocycles. The van der Waals surface area contributed by atoms with Gasteiger partial charge in [-0.2, -0.15) is 19.2 Å². The fraction of sp³-hybridized carbons (Fsp3) is 0.662. The Morgan fingerprint density at radius 2 is 1.23 bits per heavy atom. The predicted molar refractivity (Wildman–Crippen MR) is 391 cm³/mol. The highest BCUT2D eigenvalue weighted by atomic mass is 32.1. The van der Waals surface area contributed by atoms with Crippen molar-refractivity contribution in [2.24, 2.45) is 17.8 Å². The third-order valence-electron chi connectivity index (χ3n) is 17.7. The molecule has 7 N–H and O–H groups in total. The monoisotopic (exact) mass is 1530 g/mol. The predicted octanol–water partition coefficient (Wildman–Crippen LogP) is 4.91. The van der Waals surface area contributed by atoms with Gasteiger partial charge in [0.05, 0.1) is 70.1 Å². The number of imide groups is 1. The van der Waals surface area contributed by atoms with Crippen molar-refractivity contribution in [1.82, 2.24) is 46.3 Å². The van der Waals surface area contributed by atoms with E-state index in [1.807, 2.05) is 67.5 Å². The van der Waals surface area contributed by atoms with Gasteiger partial charge in [-0.3, -0.25) is 67.3 Å². The van der Waals surface area contributed by atoms with E-state index < -0.39 is 71.2 Å². The van der Waals surface area contributed by atoms with Gasteiger partial charge in [-0.25, -0.2) is 4.98 Å². The van der Waals surface area contributed by atoms with Crippen molar-refractivity contribution in [2.45, 2.75) is 201 Å². The van der Waals surface area contributed by atoms with E-state index >= 15 is 0 Å². The summed E-state index contributed by atoms with van der Waals surface area (Å²) in [5, 5.41) is 29.7. The zero-order chi connectivity index (χ0) is 80.4. The first-order chi connectivity index (χ1) is 50.8. The molecule has 0 bridgehead atoms. The average molecular weight is 1530 g/mol. The Kier molecular flexibility index (Phi) is 49.2. The van der Waals surface area contributed by atoms with Crippen LogP contribution in [0.2, 0.25) is 0 Å². The molecule has 0 fully saturated rings. The Morgan fingerprint density at radius 1 is 0.673 bits per heavy atom. The summed E-state index contributed by atoms with van der Waals surface area (Å²) < 4.78 is 27.6. The number of Topliss-reactive ketones (excluding diaryl/α,β-unsaturated/α-hetero) is 2. The van der Waals surface area contributed by atoms with E-state index in [-0.39, 0.29) is 174 Å². The quantitative estimate of drug-likeness (QED) is 0.0200. The van der Waals surface area contributed by atoms with Crippen LogP contribution in [0.5, 0.6) is 5.75 Å². The number of esters is 1. The number of benzene rings is 1. The van der Waals surface area contributed by atoms with E-state index in [1.54, 1.807) is 29.5 Å². The molecule has 1 aliphatic rings. The summed E-state index contributed by atoms with van der Waals surface area (Å²) in [5.41, 5.74) is 0.203. The first kappa shape index (κ1) is 96.2. The molecule has 32 nitrogen and oxygen atoms in total. The molecule has 598 valence electrons. The standard InChI is InChI=1S/C72H114N10O18S.2CO2/c1-13-20-53(76-69(94)57-47-101-70(79-57)61(100-51(7)84)46-58(48(3)4)81(12)71(95)54(49(5)14-2)45-62(87)72(8,9)80(10)11)43-52-25-26-60(86)56(44-52)78-65(90)23-16-15-22-59(85)55(77-66(91)24-19-34-82-67(92)27-28-68(82)93)21-17-18-31-74-63(88)29-35-96-40-42-99-38-33-75-64(89)30-36-97-39-41-98-37-32-73-50(6)83;2*2-1-3/h25-28,44,47-49,53-55,58,61,86H,13-24,29-43,45-46H2,1-12H3,(H,73,83)(H,74,88)(H,75,89)(H,76,94)(H,77,91)(H,78,90);;/t49-,53+,54-,55-,58+,61+;;/m0../s1. The number of nitrogens with zero attached hydrogens (tertiary/aromatic N) is 4. The number of nitrogens with one attached hydrogen (secondary N) is 6. The smallest absolute Gasteiger partial charge is 0.373 e. The van der Waals surface area contributed by atoms with Gasteiger partial charge in [-0.1, -0.05) is 53.5 Å². The second-order valence-electron chi connectivity index (χ2n) is 26.7. The lowest BCUT2D eigenvalue weighted by Crippen LogP contribution is -2.50. The number of ketones is 2. The number of phenols is 1. The first-order valence-electron chi connectivity index (χ1n) is 36.3. The van der Waals surface area contributed by atoms with Crippen molar-refractivity contribution in [2.75, 3.05) is 105 Å². The van der Waals surface area contributed by atoms with Crippen LogP contribution in [0.25, 0.3) is 0 Å². The lowest BCUT2D eigenvalue weighted by molar-refractivity contribution is -0.193. The maximum absolute atomic E-state index is 14.4. The number of thiazole rings is 1. The summed E-state index contributed by atoms with van der Waals surface area (Å²) in [6.07, 6.45) is 6.80. The van der Waals surface area contributed by atoms with Gasteiger partial charge >= 0.3 is 18.3 Å². The Hall–Kier alpha value is -8.81. The van der Waals surface area contributed by atoms with Crippen LogP contribution in [-0.2, 0) is 102 Å². The SMILES string of the molecule is CCC[C@H](Cc1ccc(O)c(NC(=O)CCCCC(=O)[C@H](CCCCNC(=O)CCOCCOCCNC(=O)CCOCCOCCNC(C)=O)NC(=O)CCCN2C(=O)C=CC2=O)c1)NC(=O)c1csc([C@@H](C[C@H](C(C)C)N(C)C(=O)[C@@H](CC(=O)C(C)(C)N(C)C)[C@@H](C)CC)OC(C)=O)n1.O=C=O.O=C=O. The molecule has 6 atom stereocenters. The minimum atomic E-state index is -0.890. The third kappa shape index (κ3) is 40.1. The fourth-order valence-electron chi connectivity index (χ4n) is 10.9. The van der Waals surface area contributed by atoms with Gasteiger partial charge in [0.25, 0.3) is 17.7 Å². The summed E-state index contributed by atoms with van der Waals surface area (Å²) in [4.78, 5) is 196. The van der Waals surface area contributed by atoms with E-state index in [2.05, 4.69) is 36.9 Å². The molecule has 1 aromatic carbocycles. The summed E-state index contributed by atoms with van der Waals surface area (Å²) in [6.45, 7) is 19.6. The number of ether oxygens (including phenoxy) is 5. The third-order valence-corrected chi connectivity index (χ3v) is 18.6. The topological polar surface area (TPSA) is 434 Å². The molecule has 0 unspecified atom stereocenters. The fourth-order valence-corrected chi connectivity index (χ4v) is 11.8. The molecule has 1 aliphatic heterocycles. The van der Waals surface area contributed by atoms with Gasteiger partial charge in [-0.15, -0.1) is 11.3 Å². The van der Waals surface area contributed by atoms with Gasteiger partial charge in [0.15, 0.2) is 17.7 Å². The van der Waals surface area contributed by atoms with Crippen LogP contribution >= 0.6 is 11.3 Å². The van der Waals surface area contributed by atoms with Gasteiger partial charge in [0.2, 0.25) is 35.4 Å². The Labute approximate surface area is 631 Å². The Bertz CT molecular complexity index is 3210. The van der Waals surface area contributed by atoms with Crippen LogP contribution < -0.4 is 31.9 Å². The highest BCUT2D eigenvalue weighted by Crippen LogP contribution is 2.34. The Morgan fingerprint density at radius 3 is 1.79 bits per heavy atom. The number of unbranched alkanes of at least 4 members (excludes halogenated alkanes) is 2. The summed E-state index contributed by atoms with van der Waals surface area (Å²) >= 11 is 1.17. The van der Waals surface area contributed by atoms with Crippen molar-refractivity contribution >= 4 is 100 Å². The zero-order valence-electron chi connectivity index (χ0n) is 64.2. The van der Waals surface area contributed by atoms with E-state index in [0.29, 0.717) is 101 Å². The number of likely N-dealkylation sites (N-methyl/N-ethyl adjacent to an activating group) is 1. The number of carbonyl (C=O) groups is 12. The number of aromatic hydroxyl groups is 1. The van der Waals surface area contributed by atoms with E-state index in [1.165, 1.54) is 31.3 Å². The number of hydrogen-bond donors (Lipinski definition) is 7. The molecule has 1 aromatic heterocycles. The van der Waals surface area contributed by atoms with Crippen molar-refractivity contribution in [1.29, 1.82) is 0 Å². The molecule has 0 saturated carbocycles. The summed E-state index contributed by atoms with van der Waals surface area (Å²) in [7, 11) is 5.40. The van der Waals surface area contributed by atoms with Crippen LogP contribution in [0.15, 0.2) is 35.7 Å². The molecular weight excluding hydrogens is 1410 g/mol. The van der Waals surface area contributed by atoms with Crippen molar-refractivity contribution in [3.05, 3.63) is 52.0 Å². The number of phenolic OH excluding ortho intramolecular Hbond substituents is 1. The summed E-state index contributed by atoms with van der Waals surface area (Å²) in [6, 6.07) is 3.09. The highest BCUT2D eigenvalue weighted by molar-refractivity contribution is 7.09. The summed E-state index contributed by atoms with van der Waals surface area (Å²) in [5.74, 6) is -4.73. The molecule has 9 amide bonds. The van der Waals surface area contributed by atoms with Gasteiger partial charge in [0, 0.05) is 128 Å². The average Bonchev–Trinajstić information content (AvgIpc) is 1.38. The van der Waals surface area contributed by atoms with E-state index in [4.69, 9.17) is 42.9 Å². The first-order valence-corrected chi connectivity index (χ1v) is 37.2. The highest BCUT2D eigenvalue weighted by Gasteiger charge is 2.39. The number of anilines is 1. The van der Waals surface area contributed by atoms with E-state index in [0.717, 1.165) is 17.1 Å². The maximum Gasteiger partial charge on any atom is 0.373 e. The molecule has 2 aromatic rings. The zero-order valence-corrected chi connectivity index (χ0v) is 65.0. The van der Waals surface area contributed by atoms with Crippen molar-refractivity contribution < 1.29 is 106 Å². The van der Waals surface area contributed by atoms with Crippen LogP contribution in [-0.4, -0.2) is 232 Å². The molecule has 0 radical (unpaired) electrons. The Balaban J connectivity index is 0.00000920. The van der Waals surface area contributed by atoms with Crippen molar-refractivity contribution in [3.63, 3.8) is 0 Å². The normalized spacial score (nSPS) is 13.4. The molecule has 3 rings (SSSR count). The van der Waals surface area contributed by atoms with Gasteiger partial charge < -0.3 is 65.6 Å². The largest absolute Gasteiger partial charge is 0.506 e. The molecule has 0 spiro atoms. The molecule has 107 heavy (non-hydrogen) atoms.